The Bertz CT molecular complexity index is 743. The minimum atomic E-state index is 0.836. The van der Waals surface area contributed by atoms with Crippen LogP contribution in [0, 0.1) is 6.92 Å². The van der Waals surface area contributed by atoms with E-state index in [2.05, 4.69) is 37.3 Å². The number of hydrogen-bond acceptors (Lipinski definition) is 2. The van der Waals surface area contributed by atoms with Gasteiger partial charge in [-0.05, 0) is 60.0 Å². The molecule has 0 radical (unpaired) electrons. The van der Waals surface area contributed by atoms with Gasteiger partial charge in [-0.25, -0.2) is 0 Å². The van der Waals surface area contributed by atoms with Crippen LogP contribution in [0.3, 0.4) is 0 Å². The number of ether oxygens (including phenoxy) is 2. The van der Waals surface area contributed by atoms with Crippen LogP contribution in [-0.2, 0) is 0 Å². The molecule has 0 spiro atoms. The van der Waals surface area contributed by atoms with Crippen molar-refractivity contribution >= 4 is 0 Å². The molecule has 0 amide bonds. The molecule has 0 bridgehead atoms. The van der Waals surface area contributed by atoms with Gasteiger partial charge in [0, 0.05) is 0 Å². The summed E-state index contributed by atoms with van der Waals surface area (Å²) in [6.45, 7) is 2.06. The van der Waals surface area contributed by atoms with E-state index < -0.39 is 0 Å². The van der Waals surface area contributed by atoms with Gasteiger partial charge >= 0.3 is 0 Å². The molecule has 2 heteroatoms. The van der Waals surface area contributed by atoms with Crippen LogP contribution in [0.1, 0.15) is 5.56 Å². The van der Waals surface area contributed by atoms with Gasteiger partial charge in [-0.15, -0.1) is 0 Å². The van der Waals surface area contributed by atoms with Crippen molar-refractivity contribution < 1.29 is 9.47 Å². The Morgan fingerprint density at radius 1 is 0.636 bits per heavy atom. The highest BCUT2D eigenvalue weighted by molar-refractivity contribution is 5.65. The van der Waals surface area contributed by atoms with Gasteiger partial charge in [0.1, 0.15) is 17.2 Å². The molecule has 0 N–H and O–H groups in total. The second kappa shape index (κ2) is 6.35. The summed E-state index contributed by atoms with van der Waals surface area (Å²) < 4.78 is 11.0. The van der Waals surface area contributed by atoms with Crippen molar-refractivity contribution in [3.8, 4) is 28.4 Å². The molecule has 0 saturated heterocycles. The lowest BCUT2D eigenvalue weighted by Gasteiger charge is -2.08. The van der Waals surface area contributed by atoms with Crippen molar-refractivity contribution in [3.63, 3.8) is 0 Å². The maximum absolute atomic E-state index is 5.87. The van der Waals surface area contributed by atoms with E-state index in [-0.39, 0.29) is 0 Å². The average molecular weight is 290 g/mol. The summed E-state index contributed by atoms with van der Waals surface area (Å²) in [5.74, 6) is 2.56. The lowest BCUT2D eigenvalue weighted by Crippen LogP contribution is -1.86. The molecule has 0 saturated carbocycles. The molecule has 0 aromatic heterocycles. The SMILES string of the molecule is COc1ccc(-c2ccc(Oc3cccc(C)c3)cc2)cc1. The minimum Gasteiger partial charge on any atom is -0.497 e. The highest BCUT2D eigenvalue weighted by atomic mass is 16.5. The summed E-state index contributed by atoms with van der Waals surface area (Å²) in [5.41, 5.74) is 3.49. The standard InChI is InChI=1S/C20H18O2/c1-15-4-3-5-20(14-15)22-19-12-8-17(9-13-19)16-6-10-18(21-2)11-7-16/h3-14H,1-2H3. The number of methoxy groups -OCH3 is 1. The van der Waals surface area contributed by atoms with Crippen molar-refractivity contribution in [1.29, 1.82) is 0 Å². The fraction of sp³-hybridized carbons (Fsp3) is 0.100. The number of rotatable bonds is 4. The summed E-state index contributed by atoms with van der Waals surface area (Å²) in [4.78, 5) is 0. The molecule has 0 aliphatic rings. The quantitative estimate of drug-likeness (QED) is 0.635. The van der Waals surface area contributed by atoms with Crippen molar-refractivity contribution in [2.45, 2.75) is 6.92 Å². The fourth-order valence-electron chi connectivity index (χ4n) is 2.31. The molecule has 22 heavy (non-hydrogen) atoms. The Kier molecular flexibility index (Phi) is 4.10. The molecule has 0 fully saturated rings. The smallest absolute Gasteiger partial charge is 0.127 e. The minimum absolute atomic E-state index is 0.836. The van der Waals surface area contributed by atoms with E-state index >= 15 is 0 Å². The largest absolute Gasteiger partial charge is 0.497 e. The van der Waals surface area contributed by atoms with Gasteiger partial charge in [-0.1, -0.05) is 36.4 Å². The molecule has 0 atom stereocenters. The molecule has 3 rings (SSSR count). The van der Waals surface area contributed by atoms with Gasteiger partial charge in [-0.2, -0.15) is 0 Å². The molecular weight excluding hydrogens is 272 g/mol. The van der Waals surface area contributed by atoms with Crippen molar-refractivity contribution in [2.24, 2.45) is 0 Å². The summed E-state index contributed by atoms with van der Waals surface area (Å²) in [6, 6.07) is 24.2. The van der Waals surface area contributed by atoms with Crippen LogP contribution >= 0.6 is 0 Å². The lowest BCUT2D eigenvalue weighted by molar-refractivity contribution is 0.415. The van der Waals surface area contributed by atoms with Crippen LogP contribution in [0.25, 0.3) is 11.1 Å². The van der Waals surface area contributed by atoms with Gasteiger partial charge in [0.2, 0.25) is 0 Å². The summed E-state index contributed by atoms with van der Waals surface area (Å²) >= 11 is 0. The van der Waals surface area contributed by atoms with Gasteiger partial charge in [0.15, 0.2) is 0 Å². The normalized spacial score (nSPS) is 10.3. The zero-order chi connectivity index (χ0) is 15.4. The molecule has 0 aliphatic carbocycles. The van der Waals surface area contributed by atoms with Crippen LogP contribution in [0.2, 0.25) is 0 Å². The van der Waals surface area contributed by atoms with Crippen LogP contribution in [0.15, 0.2) is 72.8 Å². The van der Waals surface area contributed by atoms with Gasteiger partial charge in [-0.3, -0.25) is 0 Å². The molecule has 3 aromatic rings. The first kappa shape index (κ1) is 14.2. The van der Waals surface area contributed by atoms with Crippen LogP contribution in [-0.4, -0.2) is 7.11 Å². The van der Waals surface area contributed by atoms with Crippen molar-refractivity contribution in [3.05, 3.63) is 78.4 Å². The Labute approximate surface area is 131 Å². The highest BCUT2D eigenvalue weighted by Gasteiger charge is 2.01. The molecular formula is C20H18O2. The van der Waals surface area contributed by atoms with Crippen LogP contribution < -0.4 is 9.47 Å². The third kappa shape index (κ3) is 3.29. The van der Waals surface area contributed by atoms with E-state index in [1.807, 2.05) is 42.5 Å². The zero-order valence-electron chi connectivity index (χ0n) is 12.7. The molecule has 0 unspecified atom stereocenters. The predicted molar refractivity (Wildman–Crippen MR) is 89.7 cm³/mol. The zero-order valence-corrected chi connectivity index (χ0v) is 12.7. The first-order valence-electron chi connectivity index (χ1n) is 7.23. The topological polar surface area (TPSA) is 18.5 Å². The second-order valence-electron chi connectivity index (χ2n) is 5.17. The number of benzene rings is 3. The second-order valence-corrected chi connectivity index (χ2v) is 5.17. The van der Waals surface area contributed by atoms with Crippen molar-refractivity contribution in [1.82, 2.24) is 0 Å². The van der Waals surface area contributed by atoms with E-state index in [4.69, 9.17) is 9.47 Å². The van der Waals surface area contributed by atoms with Crippen LogP contribution in [0.4, 0.5) is 0 Å². The predicted octanol–water partition coefficient (Wildman–Crippen LogP) is 5.46. The maximum atomic E-state index is 5.87. The molecule has 0 heterocycles. The maximum Gasteiger partial charge on any atom is 0.127 e. The van der Waals surface area contributed by atoms with E-state index in [1.54, 1.807) is 7.11 Å². The monoisotopic (exact) mass is 290 g/mol. The Balaban J connectivity index is 1.77. The average Bonchev–Trinajstić information content (AvgIpc) is 2.56. The van der Waals surface area contributed by atoms with Gasteiger partial charge in [0.05, 0.1) is 7.11 Å². The van der Waals surface area contributed by atoms with E-state index in [1.165, 1.54) is 5.56 Å². The number of aryl methyl sites for hydroxylation is 1. The molecule has 0 aliphatic heterocycles. The van der Waals surface area contributed by atoms with Crippen molar-refractivity contribution in [2.75, 3.05) is 7.11 Å². The summed E-state index contributed by atoms with van der Waals surface area (Å²) in [7, 11) is 1.67. The fourth-order valence-corrected chi connectivity index (χ4v) is 2.31. The highest BCUT2D eigenvalue weighted by Crippen LogP contribution is 2.27. The van der Waals surface area contributed by atoms with Gasteiger partial charge in [0.25, 0.3) is 0 Å². The third-order valence-corrected chi connectivity index (χ3v) is 3.50. The Morgan fingerprint density at radius 2 is 1.23 bits per heavy atom. The third-order valence-electron chi connectivity index (χ3n) is 3.50. The lowest BCUT2D eigenvalue weighted by atomic mass is 10.1. The van der Waals surface area contributed by atoms with E-state index in [9.17, 15) is 0 Å². The van der Waals surface area contributed by atoms with Gasteiger partial charge < -0.3 is 9.47 Å². The van der Waals surface area contributed by atoms with E-state index in [0.29, 0.717) is 0 Å². The number of hydrogen-bond donors (Lipinski definition) is 0. The summed E-state index contributed by atoms with van der Waals surface area (Å²) in [5, 5.41) is 0. The first-order valence-corrected chi connectivity index (χ1v) is 7.23. The van der Waals surface area contributed by atoms with Crippen LogP contribution in [0.5, 0.6) is 17.2 Å². The molecule has 3 aromatic carbocycles. The molecule has 110 valence electrons. The summed E-state index contributed by atoms with van der Waals surface area (Å²) in [6.07, 6.45) is 0. The van der Waals surface area contributed by atoms with E-state index in [0.717, 1.165) is 28.4 Å². The molecule has 2 nitrogen and oxygen atoms in total. The first-order chi connectivity index (χ1) is 10.7. The Morgan fingerprint density at radius 3 is 1.77 bits per heavy atom. The Hall–Kier alpha value is -2.74.